The van der Waals surface area contributed by atoms with Crippen LogP contribution in [0.4, 0.5) is 13.2 Å². The maximum atomic E-state index is 13.4. The lowest BCUT2D eigenvalue weighted by atomic mass is 10.1. The Hall–Kier alpha value is -2.50. The first-order valence-corrected chi connectivity index (χ1v) is 5.68. The first kappa shape index (κ1) is 13.9. The van der Waals surface area contributed by atoms with Crippen molar-refractivity contribution in [2.75, 3.05) is 0 Å². The van der Waals surface area contributed by atoms with E-state index in [0.29, 0.717) is 0 Å². The fourth-order valence-electron chi connectivity index (χ4n) is 1.64. The smallest absolute Gasteiger partial charge is 0.254 e. The monoisotopic (exact) mass is 281 g/mol. The van der Waals surface area contributed by atoms with Gasteiger partial charge < -0.3 is 10.4 Å². The molecule has 0 saturated carbocycles. The quantitative estimate of drug-likeness (QED) is 0.908. The molecule has 2 N–H and O–H groups in total. The summed E-state index contributed by atoms with van der Waals surface area (Å²) in [5.74, 6) is -3.30. The van der Waals surface area contributed by atoms with Gasteiger partial charge >= 0.3 is 0 Å². The lowest BCUT2D eigenvalue weighted by molar-refractivity contribution is 0.0946. The van der Waals surface area contributed by atoms with Crippen LogP contribution in [0, 0.1) is 17.5 Å². The van der Waals surface area contributed by atoms with Gasteiger partial charge in [-0.25, -0.2) is 13.2 Å². The summed E-state index contributed by atoms with van der Waals surface area (Å²) in [6, 6.07) is 5.89. The van der Waals surface area contributed by atoms with E-state index in [0.717, 1.165) is 36.4 Å². The molecule has 0 heterocycles. The first-order valence-electron chi connectivity index (χ1n) is 5.68. The molecule has 3 nitrogen and oxygen atoms in total. The van der Waals surface area contributed by atoms with Crippen LogP contribution in [-0.4, -0.2) is 11.0 Å². The minimum atomic E-state index is -0.901. The van der Waals surface area contributed by atoms with Gasteiger partial charge in [0, 0.05) is 18.2 Å². The molecule has 1 amide bonds. The van der Waals surface area contributed by atoms with Crippen molar-refractivity contribution in [3.8, 4) is 5.75 Å². The molecule has 0 spiro atoms. The van der Waals surface area contributed by atoms with Crippen LogP contribution in [0.3, 0.4) is 0 Å². The van der Waals surface area contributed by atoms with Crippen molar-refractivity contribution in [3.05, 3.63) is 65.0 Å². The van der Waals surface area contributed by atoms with Gasteiger partial charge in [0.2, 0.25) is 0 Å². The normalized spacial score (nSPS) is 10.3. The van der Waals surface area contributed by atoms with Crippen LogP contribution in [0.15, 0.2) is 36.4 Å². The SMILES string of the molecule is O=C(NCc1cc(F)ccc1F)c1ccc(O)cc1F. The fraction of sp³-hybridized carbons (Fsp3) is 0.0714. The lowest BCUT2D eigenvalue weighted by Gasteiger charge is -2.07. The number of hydrogen-bond donors (Lipinski definition) is 2. The van der Waals surface area contributed by atoms with Gasteiger partial charge in [0.15, 0.2) is 0 Å². The van der Waals surface area contributed by atoms with Crippen molar-refractivity contribution in [1.29, 1.82) is 0 Å². The number of phenols is 1. The largest absolute Gasteiger partial charge is 0.508 e. The Balaban J connectivity index is 2.10. The summed E-state index contributed by atoms with van der Waals surface area (Å²) in [7, 11) is 0. The van der Waals surface area contributed by atoms with Crippen molar-refractivity contribution in [1.82, 2.24) is 5.32 Å². The van der Waals surface area contributed by atoms with Crippen LogP contribution >= 0.6 is 0 Å². The Morgan fingerprint density at radius 3 is 2.50 bits per heavy atom. The molecule has 0 fully saturated rings. The Morgan fingerprint density at radius 1 is 1.05 bits per heavy atom. The Labute approximate surface area is 112 Å². The summed E-state index contributed by atoms with van der Waals surface area (Å²) >= 11 is 0. The van der Waals surface area contributed by atoms with Gasteiger partial charge in [0.05, 0.1) is 5.56 Å². The zero-order valence-electron chi connectivity index (χ0n) is 10.2. The van der Waals surface area contributed by atoms with E-state index in [2.05, 4.69) is 5.32 Å². The summed E-state index contributed by atoms with van der Waals surface area (Å²) in [5, 5.41) is 11.3. The second-order valence-corrected chi connectivity index (χ2v) is 4.08. The predicted octanol–water partition coefficient (Wildman–Crippen LogP) is 2.74. The number of carbonyl (C=O) groups is 1. The van der Waals surface area contributed by atoms with Crippen molar-refractivity contribution in [2.24, 2.45) is 0 Å². The second kappa shape index (κ2) is 5.64. The Bertz CT molecular complexity index is 659. The number of rotatable bonds is 3. The number of carbonyl (C=O) groups excluding carboxylic acids is 1. The van der Waals surface area contributed by atoms with Gasteiger partial charge in [-0.1, -0.05) is 0 Å². The van der Waals surface area contributed by atoms with Crippen molar-refractivity contribution < 1.29 is 23.1 Å². The number of phenolic OH excluding ortho intramolecular Hbond substituents is 1. The predicted molar refractivity (Wildman–Crippen MR) is 65.6 cm³/mol. The van der Waals surface area contributed by atoms with Gasteiger partial charge in [-0.05, 0) is 30.3 Å². The second-order valence-electron chi connectivity index (χ2n) is 4.08. The number of benzene rings is 2. The summed E-state index contributed by atoms with van der Waals surface area (Å²) in [5.41, 5.74) is -0.336. The highest BCUT2D eigenvalue weighted by atomic mass is 19.1. The molecule has 20 heavy (non-hydrogen) atoms. The van der Waals surface area contributed by atoms with E-state index in [-0.39, 0.29) is 23.4 Å². The average molecular weight is 281 g/mol. The van der Waals surface area contributed by atoms with E-state index in [4.69, 9.17) is 5.11 Å². The van der Waals surface area contributed by atoms with Crippen LogP contribution in [-0.2, 0) is 6.54 Å². The molecule has 0 aliphatic carbocycles. The molecule has 6 heteroatoms. The molecule has 0 aliphatic rings. The molecule has 0 aromatic heterocycles. The number of hydrogen-bond acceptors (Lipinski definition) is 2. The number of aromatic hydroxyl groups is 1. The van der Waals surface area contributed by atoms with E-state index < -0.39 is 23.4 Å². The lowest BCUT2D eigenvalue weighted by Crippen LogP contribution is -2.24. The number of amides is 1. The van der Waals surface area contributed by atoms with Gasteiger partial charge in [-0.2, -0.15) is 0 Å². The summed E-state index contributed by atoms with van der Waals surface area (Å²) in [4.78, 5) is 11.7. The molecule has 2 rings (SSSR count). The summed E-state index contributed by atoms with van der Waals surface area (Å²) in [6.07, 6.45) is 0. The highest BCUT2D eigenvalue weighted by molar-refractivity contribution is 5.94. The molecular formula is C14H10F3NO2. The van der Waals surface area contributed by atoms with E-state index in [1.54, 1.807) is 0 Å². The maximum absolute atomic E-state index is 13.4. The third-order valence-electron chi connectivity index (χ3n) is 2.64. The van der Waals surface area contributed by atoms with Crippen molar-refractivity contribution in [2.45, 2.75) is 6.54 Å². The molecule has 0 radical (unpaired) electrons. The van der Waals surface area contributed by atoms with Crippen LogP contribution < -0.4 is 5.32 Å². The van der Waals surface area contributed by atoms with Crippen LogP contribution in [0.25, 0.3) is 0 Å². The molecule has 0 unspecified atom stereocenters. The molecule has 0 saturated heterocycles. The van der Waals surface area contributed by atoms with Gasteiger partial charge in [-0.15, -0.1) is 0 Å². The molecular weight excluding hydrogens is 271 g/mol. The summed E-state index contributed by atoms with van der Waals surface area (Å²) in [6.45, 7) is -0.275. The zero-order chi connectivity index (χ0) is 14.7. The first-order chi connectivity index (χ1) is 9.47. The molecule has 2 aromatic carbocycles. The molecule has 0 bridgehead atoms. The van der Waals surface area contributed by atoms with Crippen LogP contribution in [0.5, 0.6) is 5.75 Å². The summed E-state index contributed by atoms with van der Waals surface area (Å²) < 4.78 is 39.7. The third-order valence-corrected chi connectivity index (χ3v) is 2.64. The zero-order valence-corrected chi connectivity index (χ0v) is 10.2. The van der Waals surface area contributed by atoms with Gasteiger partial charge in [0.1, 0.15) is 23.2 Å². The van der Waals surface area contributed by atoms with E-state index >= 15 is 0 Å². The minimum absolute atomic E-state index is 0.0439. The highest BCUT2D eigenvalue weighted by Gasteiger charge is 2.13. The van der Waals surface area contributed by atoms with Crippen molar-refractivity contribution >= 4 is 5.91 Å². The highest BCUT2D eigenvalue weighted by Crippen LogP contribution is 2.15. The topological polar surface area (TPSA) is 49.3 Å². The standard InChI is InChI=1S/C14H10F3NO2/c15-9-1-4-12(16)8(5-9)7-18-14(20)11-3-2-10(19)6-13(11)17/h1-6,19H,7H2,(H,18,20). The van der Waals surface area contributed by atoms with Gasteiger partial charge in [-0.3, -0.25) is 4.79 Å². The van der Waals surface area contributed by atoms with E-state index in [1.807, 2.05) is 0 Å². The van der Waals surface area contributed by atoms with Crippen LogP contribution in [0.2, 0.25) is 0 Å². The average Bonchev–Trinajstić information content (AvgIpc) is 2.39. The number of halogens is 3. The van der Waals surface area contributed by atoms with Crippen molar-refractivity contribution in [3.63, 3.8) is 0 Å². The van der Waals surface area contributed by atoms with Crippen LogP contribution in [0.1, 0.15) is 15.9 Å². The molecule has 0 atom stereocenters. The van der Waals surface area contributed by atoms with Gasteiger partial charge in [0.25, 0.3) is 5.91 Å². The van der Waals surface area contributed by atoms with E-state index in [1.165, 1.54) is 0 Å². The molecule has 2 aromatic rings. The molecule has 104 valence electrons. The Kier molecular flexibility index (Phi) is 3.93. The Morgan fingerprint density at radius 2 is 1.80 bits per heavy atom. The molecule has 0 aliphatic heterocycles. The third kappa shape index (κ3) is 3.09. The van der Waals surface area contributed by atoms with E-state index in [9.17, 15) is 18.0 Å². The maximum Gasteiger partial charge on any atom is 0.254 e. The number of nitrogens with one attached hydrogen (secondary N) is 1. The minimum Gasteiger partial charge on any atom is -0.508 e. The fourth-order valence-corrected chi connectivity index (χ4v) is 1.64.